The van der Waals surface area contributed by atoms with Gasteiger partial charge in [0.15, 0.2) is 0 Å². The summed E-state index contributed by atoms with van der Waals surface area (Å²) in [6.45, 7) is 3.69. The van der Waals surface area contributed by atoms with Gasteiger partial charge < -0.3 is 15.4 Å². The Kier molecular flexibility index (Phi) is 8.01. The summed E-state index contributed by atoms with van der Waals surface area (Å²) < 4.78 is 5.48. The van der Waals surface area contributed by atoms with Crippen LogP contribution in [0.5, 0.6) is 0 Å². The fourth-order valence-corrected chi connectivity index (χ4v) is 2.61. The van der Waals surface area contributed by atoms with Crippen LogP contribution < -0.4 is 10.6 Å². The maximum Gasteiger partial charge on any atom is 0.328 e. The Morgan fingerprint density at radius 1 is 1.22 bits per heavy atom. The number of methoxy groups -OCH3 is 1. The van der Waals surface area contributed by atoms with E-state index in [0.29, 0.717) is 12.0 Å². The topological polar surface area (TPSA) is 84.5 Å². The van der Waals surface area contributed by atoms with Crippen molar-refractivity contribution in [3.8, 4) is 0 Å². The number of ether oxygens (including phenoxy) is 1. The van der Waals surface area contributed by atoms with Crippen LogP contribution in [0.15, 0.2) is 24.3 Å². The largest absolute Gasteiger partial charge is 0.467 e. The third-order valence-electron chi connectivity index (χ3n) is 3.06. The van der Waals surface area contributed by atoms with Crippen LogP contribution in [0.2, 0.25) is 0 Å². The molecule has 0 aliphatic carbocycles. The number of hydrogen-bond acceptors (Lipinski definition) is 4. The van der Waals surface area contributed by atoms with Crippen molar-refractivity contribution < 1.29 is 19.1 Å². The molecule has 1 aromatic rings. The fourth-order valence-electron chi connectivity index (χ4n) is 1.97. The Morgan fingerprint density at radius 3 is 2.43 bits per heavy atom. The van der Waals surface area contributed by atoms with Crippen LogP contribution in [0.25, 0.3) is 0 Å². The summed E-state index contributed by atoms with van der Waals surface area (Å²) in [6, 6.07) is 6.38. The lowest BCUT2D eigenvalue weighted by atomic mass is 10.0. The van der Waals surface area contributed by atoms with Gasteiger partial charge in [-0.25, -0.2) is 4.79 Å². The molecular formula is C16H21IN2O4. The first-order valence-electron chi connectivity index (χ1n) is 7.25. The molecule has 0 aliphatic heterocycles. The number of nitrogens with one attached hydrogen (secondary N) is 2. The van der Waals surface area contributed by atoms with Gasteiger partial charge >= 0.3 is 5.97 Å². The van der Waals surface area contributed by atoms with Gasteiger partial charge in [0.05, 0.1) is 19.2 Å². The summed E-state index contributed by atoms with van der Waals surface area (Å²) in [6.07, 6.45) is 0.475. The van der Waals surface area contributed by atoms with Gasteiger partial charge in [0.1, 0.15) is 6.04 Å². The van der Waals surface area contributed by atoms with E-state index in [0.717, 1.165) is 3.57 Å². The highest BCUT2D eigenvalue weighted by Gasteiger charge is 2.22. The lowest BCUT2D eigenvalue weighted by Crippen LogP contribution is -2.46. The van der Waals surface area contributed by atoms with Crippen LogP contribution in [0.1, 0.15) is 30.6 Å². The number of benzene rings is 1. The van der Waals surface area contributed by atoms with Crippen LogP contribution in [0, 0.1) is 9.49 Å². The normalized spacial score (nSPS) is 11.7. The van der Waals surface area contributed by atoms with Crippen molar-refractivity contribution >= 4 is 40.4 Å². The third kappa shape index (κ3) is 6.55. The Balaban J connectivity index is 2.56. The summed E-state index contributed by atoms with van der Waals surface area (Å²) in [5.41, 5.74) is 0.507. The highest BCUT2D eigenvalue weighted by Crippen LogP contribution is 2.11. The number of halogens is 1. The van der Waals surface area contributed by atoms with Crippen LogP contribution in [0.3, 0.4) is 0 Å². The number of hydrogen-bond donors (Lipinski definition) is 2. The molecule has 0 spiro atoms. The molecule has 7 heteroatoms. The Morgan fingerprint density at radius 2 is 1.87 bits per heavy atom. The Labute approximate surface area is 149 Å². The molecule has 0 radical (unpaired) electrons. The Bertz CT molecular complexity index is 575. The zero-order chi connectivity index (χ0) is 17.4. The highest BCUT2D eigenvalue weighted by molar-refractivity contribution is 14.1. The molecule has 0 aliphatic rings. The quantitative estimate of drug-likeness (QED) is 0.508. The zero-order valence-electron chi connectivity index (χ0n) is 13.4. The van der Waals surface area contributed by atoms with E-state index in [9.17, 15) is 14.4 Å². The third-order valence-corrected chi connectivity index (χ3v) is 4.00. The van der Waals surface area contributed by atoms with Gasteiger partial charge in [0, 0.05) is 3.57 Å². The van der Waals surface area contributed by atoms with Crippen molar-refractivity contribution in [1.82, 2.24) is 10.6 Å². The predicted octanol–water partition coefficient (Wildman–Crippen LogP) is 1.72. The molecule has 2 amide bonds. The average molecular weight is 432 g/mol. The molecule has 0 fully saturated rings. The van der Waals surface area contributed by atoms with Crippen LogP contribution in [0.4, 0.5) is 0 Å². The number of rotatable bonds is 7. The van der Waals surface area contributed by atoms with Crippen molar-refractivity contribution in [2.45, 2.75) is 26.3 Å². The predicted molar refractivity (Wildman–Crippen MR) is 94.9 cm³/mol. The molecule has 0 aromatic heterocycles. The van der Waals surface area contributed by atoms with Crippen LogP contribution >= 0.6 is 22.6 Å². The molecule has 23 heavy (non-hydrogen) atoms. The first-order chi connectivity index (χ1) is 10.8. The summed E-state index contributed by atoms with van der Waals surface area (Å²) in [5.74, 6) is -1.03. The molecule has 1 unspecified atom stereocenters. The van der Waals surface area contributed by atoms with Gasteiger partial charge in [0.2, 0.25) is 5.91 Å². The van der Waals surface area contributed by atoms with Gasteiger partial charge in [-0.2, -0.15) is 0 Å². The van der Waals surface area contributed by atoms with E-state index < -0.39 is 17.9 Å². The summed E-state index contributed by atoms with van der Waals surface area (Å²) in [7, 11) is 1.28. The van der Waals surface area contributed by atoms with E-state index in [1.54, 1.807) is 12.1 Å². The number of esters is 1. The second kappa shape index (κ2) is 9.49. The van der Waals surface area contributed by atoms with E-state index in [4.69, 9.17) is 0 Å². The average Bonchev–Trinajstić information content (AvgIpc) is 2.51. The molecule has 0 saturated carbocycles. The monoisotopic (exact) mass is 432 g/mol. The lowest BCUT2D eigenvalue weighted by Gasteiger charge is -2.18. The van der Waals surface area contributed by atoms with Crippen LogP contribution in [-0.2, 0) is 14.3 Å². The van der Waals surface area contributed by atoms with Gasteiger partial charge in [-0.05, 0) is 47.1 Å². The molecule has 126 valence electrons. The van der Waals surface area contributed by atoms with Gasteiger partial charge in [-0.15, -0.1) is 0 Å². The summed E-state index contributed by atoms with van der Waals surface area (Å²) in [5, 5.41) is 5.14. The van der Waals surface area contributed by atoms with Crippen molar-refractivity contribution in [3.63, 3.8) is 0 Å². The molecule has 0 saturated heterocycles. The van der Waals surface area contributed by atoms with Gasteiger partial charge in [-0.3, -0.25) is 9.59 Å². The van der Waals surface area contributed by atoms with Crippen molar-refractivity contribution in [2.75, 3.05) is 13.7 Å². The van der Waals surface area contributed by atoms with E-state index in [1.165, 1.54) is 7.11 Å². The van der Waals surface area contributed by atoms with E-state index >= 15 is 0 Å². The minimum absolute atomic E-state index is 0.199. The molecule has 1 atom stereocenters. The summed E-state index contributed by atoms with van der Waals surface area (Å²) >= 11 is 2.06. The van der Waals surface area contributed by atoms with Gasteiger partial charge in [0.25, 0.3) is 5.91 Å². The van der Waals surface area contributed by atoms with Crippen molar-refractivity contribution in [2.24, 2.45) is 5.92 Å². The number of carbonyl (C=O) groups is 3. The molecule has 6 nitrogen and oxygen atoms in total. The second-order valence-electron chi connectivity index (χ2n) is 5.44. The first kappa shape index (κ1) is 19.4. The number of amides is 2. The molecule has 2 N–H and O–H groups in total. The molecular weight excluding hydrogens is 411 g/mol. The maximum absolute atomic E-state index is 12.0. The Hall–Kier alpha value is -1.64. The van der Waals surface area contributed by atoms with E-state index in [-0.39, 0.29) is 18.4 Å². The fraction of sp³-hybridized carbons (Fsp3) is 0.438. The highest BCUT2D eigenvalue weighted by atomic mass is 127. The molecule has 0 bridgehead atoms. The maximum atomic E-state index is 12.0. The second-order valence-corrected chi connectivity index (χ2v) is 6.60. The molecule has 1 rings (SSSR count). The van der Waals surface area contributed by atoms with Crippen molar-refractivity contribution in [3.05, 3.63) is 33.4 Å². The van der Waals surface area contributed by atoms with Gasteiger partial charge in [-0.1, -0.05) is 26.0 Å². The first-order valence-corrected chi connectivity index (χ1v) is 8.33. The zero-order valence-corrected chi connectivity index (χ0v) is 15.5. The lowest BCUT2D eigenvalue weighted by molar-refractivity contribution is -0.145. The minimum Gasteiger partial charge on any atom is -0.467 e. The number of carbonyl (C=O) groups excluding carboxylic acids is 3. The molecule has 0 heterocycles. The molecule has 1 aromatic carbocycles. The van der Waals surface area contributed by atoms with E-state index in [2.05, 4.69) is 38.0 Å². The SMILES string of the molecule is COC(=O)C(CC(C)C)NC(=O)CNC(=O)c1ccccc1I. The van der Waals surface area contributed by atoms with Crippen molar-refractivity contribution in [1.29, 1.82) is 0 Å². The summed E-state index contributed by atoms with van der Waals surface area (Å²) in [4.78, 5) is 35.6. The van der Waals surface area contributed by atoms with E-state index in [1.807, 2.05) is 26.0 Å². The minimum atomic E-state index is -0.707. The smallest absolute Gasteiger partial charge is 0.328 e. The van der Waals surface area contributed by atoms with Crippen LogP contribution in [-0.4, -0.2) is 37.5 Å². The standard InChI is InChI=1S/C16H21IN2O4/c1-10(2)8-13(16(22)23-3)19-14(20)9-18-15(21)11-6-4-5-7-12(11)17/h4-7,10,13H,8-9H2,1-3H3,(H,18,21)(H,19,20).